The van der Waals surface area contributed by atoms with E-state index in [1.165, 1.54) is 18.2 Å². The highest BCUT2D eigenvalue weighted by Crippen LogP contribution is 2.24. The fourth-order valence-corrected chi connectivity index (χ4v) is 3.78. The van der Waals surface area contributed by atoms with Gasteiger partial charge in [-0.15, -0.1) is 0 Å². The molecule has 1 aromatic carbocycles. The molecule has 0 aromatic heterocycles. The zero-order valence-electron chi connectivity index (χ0n) is 11.0. The number of hydrogen-bond donors (Lipinski definition) is 0. The molecule has 1 fully saturated rings. The summed E-state index contributed by atoms with van der Waals surface area (Å²) in [6, 6.07) is 4.91. The first-order valence-electron chi connectivity index (χ1n) is 6.35. The van der Waals surface area contributed by atoms with Gasteiger partial charge in [-0.3, -0.25) is 0 Å². The normalized spacial score (nSPS) is 17.5. The standard InChI is InChI=1S/C13H15NO6S/c15-12(16)9-4-6-14(7-5-9)21(19,20)11-3-1-2-10(8-11)13(17)18/h1-3,8-9H,4-7H2,(H,15,16)(H,17,18)/p-2. The molecule has 21 heavy (non-hydrogen) atoms. The molecule has 0 N–H and O–H groups in total. The zero-order chi connectivity index (χ0) is 15.6. The Labute approximate surface area is 121 Å². The van der Waals surface area contributed by atoms with Gasteiger partial charge in [-0.25, -0.2) is 8.42 Å². The van der Waals surface area contributed by atoms with E-state index in [9.17, 15) is 28.2 Å². The van der Waals surface area contributed by atoms with Crippen molar-refractivity contribution < 1.29 is 28.2 Å². The van der Waals surface area contributed by atoms with Crippen LogP contribution in [0.25, 0.3) is 0 Å². The van der Waals surface area contributed by atoms with Crippen molar-refractivity contribution in [2.45, 2.75) is 17.7 Å². The summed E-state index contributed by atoms with van der Waals surface area (Å²) in [5.74, 6) is -3.28. The molecular weight excluding hydrogens is 298 g/mol. The lowest BCUT2D eigenvalue weighted by Crippen LogP contribution is -2.43. The van der Waals surface area contributed by atoms with Crippen LogP contribution in [0, 0.1) is 5.92 Å². The van der Waals surface area contributed by atoms with E-state index in [1.807, 2.05) is 0 Å². The molecular formula is C13H13NO6S-2. The van der Waals surface area contributed by atoms with Crippen molar-refractivity contribution in [3.8, 4) is 0 Å². The summed E-state index contributed by atoms with van der Waals surface area (Å²) in [4.78, 5) is 21.4. The van der Waals surface area contributed by atoms with Crippen LogP contribution in [0.15, 0.2) is 29.2 Å². The highest BCUT2D eigenvalue weighted by atomic mass is 32.2. The van der Waals surface area contributed by atoms with Gasteiger partial charge in [0.1, 0.15) is 0 Å². The lowest BCUT2D eigenvalue weighted by Gasteiger charge is -2.31. The zero-order valence-corrected chi connectivity index (χ0v) is 11.8. The molecule has 114 valence electrons. The number of carboxylic acids is 2. The highest BCUT2D eigenvalue weighted by Gasteiger charge is 2.29. The van der Waals surface area contributed by atoms with Gasteiger partial charge in [0.05, 0.1) is 10.9 Å². The maximum absolute atomic E-state index is 12.4. The van der Waals surface area contributed by atoms with E-state index in [4.69, 9.17) is 0 Å². The quantitative estimate of drug-likeness (QED) is 0.647. The maximum atomic E-state index is 12.4. The van der Waals surface area contributed by atoms with Crippen LogP contribution in [0.5, 0.6) is 0 Å². The predicted molar refractivity (Wildman–Crippen MR) is 67.3 cm³/mol. The van der Waals surface area contributed by atoms with Crippen LogP contribution < -0.4 is 10.2 Å². The third kappa shape index (κ3) is 3.22. The summed E-state index contributed by atoms with van der Waals surface area (Å²) < 4.78 is 25.9. The Balaban J connectivity index is 2.21. The van der Waals surface area contributed by atoms with Crippen LogP contribution in [0.1, 0.15) is 23.2 Å². The number of aromatic carboxylic acids is 1. The molecule has 2 rings (SSSR count). The second-order valence-corrected chi connectivity index (χ2v) is 6.75. The molecule has 0 saturated carbocycles. The molecule has 0 atom stereocenters. The van der Waals surface area contributed by atoms with E-state index in [-0.39, 0.29) is 36.4 Å². The lowest BCUT2D eigenvalue weighted by atomic mass is 9.99. The van der Waals surface area contributed by atoms with Crippen molar-refractivity contribution in [1.29, 1.82) is 0 Å². The molecule has 1 heterocycles. The van der Waals surface area contributed by atoms with Gasteiger partial charge in [-0.2, -0.15) is 4.31 Å². The predicted octanol–water partition coefficient (Wildman–Crippen LogP) is -1.80. The van der Waals surface area contributed by atoms with E-state index in [1.54, 1.807) is 0 Å². The Morgan fingerprint density at radius 1 is 1.14 bits per heavy atom. The van der Waals surface area contributed by atoms with Gasteiger partial charge in [-0.1, -0.05) is 12.1 Å². The number of piperidine rings is 1. The number of rotatable bonds is 4. The van der Waals surface area contributed by atoms with Crippen LogP contribution in [-0.4, -0.2) is 37.8 Å². The molecule has 0 aliphatic carbocycles. The van der Waals surface area contributed by atoms with Crippen LogP contribution in [0.3, 0.4) is 0 Å². The summed E-state index contributed by atoms with van der Waals surface area (Å²) in [6.45, 7) is 0.132. The maximum Gasteiger partial charge on any atom is 0.243 e. The van der Waals surface area contributed by atoms with Gasteiger partial charge in [0.15, 0.2) is 0 Å². The molecule has 0 spiro atoms. The van der Waals surface area contributed by atoms with Gasteiger partial charge < -0.3 is 19.8 Å². The minimum absolute atomic E-state index is 0.0660. The van der Waals surface area contributed by atoms with Crippen molar-refractivity contribution in [2.75, 3.05) is 13.1 Å². The first-order valence-corrected chi connectivity index (χ1v) is 7.79. The van der Waals surface area contributed by atoms with E-state index >= 15 is 0 Å². The largest absolute Gasteiger partial charge is 0.550 e. The fraction of sp³-hybridized carbons (Fsp3) is 0.385. The van der Waals surface area contributed by atoms with Crippen molar-refractivity contribution in [3.05, 3.63) is 29.8 Å². The molecule has 1 aliphatic heterocycles. The Morgan fingerprint density at radius 3 is 2.29 bits per heavy atom. The van der Waals surface area contributed by atoms with Crippen LogP contribution >= 0.6 is 0 Å². The average Bonchev–Trinajstić information content (AvgIpc) is 2.47. The number of sulfonamides is 1. The number of carboxylic acid groups (broad SMARTS) is 2. The molecule has 7 nitrogen and oxygen atoms in total. The summed E-state index contributed by atoms with van der Waals surface area (Å²) in [6.07, 6.45) is 0.365. The van der Waals surface area contributed by atoms with Crippen molar-refractivity contribution in [3.63, 3.8) is 0 Å². The Morgan fingerprint density at radius 2 is 1.76 bits per heavy atom. The Bertz CT molecular complexity index is 661. The Kier molecular flexibility index (Phi) is 4.29. The minimum atomic E-state index is -3.84. The first kappa shape index (κ1) is 15.5. The van der Waals surface area contributed by atoms with Crippen molar-refractivity contribution in [1.82, 2.24) is 4.31 Å². The summed E-state index contributed by atoms with van der Waals surface area (Å²) in [5.41, 5.74) is -0.222. The second-order valence-electron chi connectivity index (χ2n) is 4.81. The minimum Gasteiger partial charge on any atom is -0.550 e. The van der Waals surface area contributed by atoms with Gasteiger partial charge in [0, 0.05) is 25.0 Å². The van der Waals surface area contributed by atoms with Gasteiger partial charge in [0.25, 0.3) is 0 Å². The van der Waals surface area contributed by atoms with Crippen LogP contribution in [-0.2, 0) is 14.8 Å². The number of carbonyl (C=O) groups is 2. The SMILES string of the molecule is O=C([O-])c1cccc(S(=O)(=O)N2CCC(C(=O)[O-])CC2)c1. The van der Waals surface area contributed by atoms with E-state index in [0.717, 1.165) is 10.4 Å². The highest BCUT2D eigenvalue weighted by molar-refractivity contribution is 7.89. The van der Waals surface area contributed by atoms with Crippen molar-refractivity contribution >= 4 is 22.0 Å². The topological polar surface area (TPSA) is 118 Å². The first-order chi connectivity index (χ1) is 9.82. The summed E-state index contributed by atoms with van der Waals surface area (Å²) >= 11 is 0. The van der Waals surface area contributed by atoms with E-state index in [0.29, 0.717) is 0 Å². The third-order valence-corrected chi connectivity index (χ3v) is 5.39. The molecule has 1 aliphatic rings. The van der Waals surface area contributed by atoms with Gasteiger partial charge in [-0.05, 0) is 30.5 Å². The third-order valence-electron chi connectivity index (χ3n) is 3.49. The molecule has 0 unspecified atom stereocenters. The summed E-state index contributed by atoms with van der Waals surface area (Å²) in [5, 5.41) is 21.5. The fourth-order valence-electron chi connectivity index (χ4n) is 2.26. The van der Waals surface area contributed by atoms with Gasteiger partial charge >= 0.3 is 0 Å². The molecule has 1 aromatic rings. The monoisotopic (exact) mass is 311 g/mol. The molecule has 0 radical (unpaired) electrons. The van der Waals surface area contributed by atoms with E-state index < -0.39 is 27.9 Å². The number of benzene rings is 1. The summed E-state index contributed by atoms with van der Waals surface area (Å²) in [7, 11) is -3.84. The Hall–Kier alpha value is -1.93. The van der Waals surface area contributed by atoms with E-state index in [2.05, 4.69) is 0 Å². The number of aliphatic carboxylic acids is 1. The average molecular weight is 311 g/mol. The molecule has 8 heteroatoms. The lowest BCUT2D eigenvalue weighted by molar-refractivity contribution is -0.312. The smallest absolute Gasteiger partial charge is 0.243 e. The number of hydrogen-bond acceptors (Lipinski definition) is 6. The van der Waals surface area contributed by atoms with Crippen LogP contribution in [0.4, 0.5) is 0 Å². The number of carbonyl (C=O) groups excluding carboxylic acids is 2. The number of nitrogens with zero attached hydrogens (tertiary/aromatic N) is 1. The molecule has 0 bridgehead atoms. The molecule has 0 amide bonds. The van der Waals surface area contributed by atoms with Crippen molar-refractivity contribution in [2.24, 2.45) is 5.92 Å². The second kappa shape index (κ2) is 5.82. The van der Waals surface area contributed by atoms with Gasteiger partial charge in [0.2, 0.25) is 10.0 Å². The van der Waals surface area contributed by atoms with Crippen LogP contribution in [0.2, 0.25) is 0 Å². The molecule has 1 saturated heterocycles.